The second-order valence-electron chi connectivity index (χ2n) is 7.57. The minimum absolute atomic E-state index is 0.0727. The van der Waals surface area contributed by atoms with Crippen molar-refractivity contribution >= 4 is 10.0 Å². The second-order valence-corrected chi connectivity index (χ2v) is 9.42. The van der Waals surface area contributed by atoms with E-state index in [9.17, 15) is 8.42 Å². The molecule has 1 unspecified atom stereocenters. The van der Waals surface area contributed by atoms with Crippen molar-refractivity contribution in [3.05, 3.63) is 60.2 Å². The highest BCUT2D eigenvalue weighted by molar-refractivity contribution is 7.89. The van der Waals surface area contributed by atoms with Gasteiger partial charge in [-0.3, -0.25) is 4.90 Å². The number of benzene rings is 2. The smallest absolute Gasteiger partial charge is 0.247 e. The second kappa shape index (κ2) is 8.23. The van der Waals surface area contributed by atoms with Gasteiger partial charge in [0.1, 0.15) is 10.6 Å². The average Bonchev–Trinajstić information content (AvgIpc) is 3.55. The highest BCUT2D eigenvalue weighted by atomic mass is 32.2. The van der Waals surface area contributed by atoms with Crippen LogP contribution in [0.3, 0.4) is 0 Å². The Labute approximate surface area is 168 Å². The number of rotatable bonds is 7. The van der Waals surface area contributed by atoms with Crippen molar-refractivity contribution in [2.45, 2.75) is 43.2 Å². The molecule has 1 saturated carbocycles. The number of ether oxygens (including phenoxy) is 1. The highest BCUT2D eigenvalue weighted by Crippen LogP contribution is 2.33. The van der Waals surface area contributed by atoms with Gasteiger partial charge in [-0.1, -0.05) is 42.5 Å². The van der Waals surface area contributed by atoms with E-state index in [-0.39, 0.29) is 10.9 Å². The van der Waals surface area contributed by atoms with Crippen LogP contribution in [0, 0.1) is 0 Å². The van der Waals surface area contributed by atoms with E-state index in [4.69, 9.17) is 4.74 Å². The van der Waals surface area contributed by atoms with Crippen LogP contribution in [0.4, 0.5) is 0 Å². The highest BCUT2D eigenvalue weighted by Gasteiger charge is 2.41. The first-order chi connectivity index (χ1) is 13.6. The lowest BCUT2D eigenvalue weighted by Gasteiger charge is -2.41. The van der Waals surface area contributed by atoms with E-state index in [0.717, 1.165) is 19.5 Å². The topological polar surface area (TPSA) is 49.9 Å². The van der Waals surface area contributed by atoms with Gasteiger partial charge in [0.2, 0.25) is 10.0 Å². The summed E-state index contributed by atoms with van der Waals surface area (Å²) in [7, 11) is -3.63. The summed E-state index contributed by atoms with van der Waals surface area (Å²) in [6.07, 6.45) is 3.19. The summed E-state index contributed by atoms with van der Waals surface area (Å²) in [6, 6.07) is 17.7. The fraction of sp³-hybridized carbons (Fsp3) is 0.455. The van der Waals surface area contributed by atoms with Gasteiger partial charge in [-0.2, -0.15) is 4.31 Å². The van der Waals surface area contributed by atoms with Gasteiger partial charge in [0.15, 0.2) is 0 Å². The number of para-hydroxylation sites is 1. The first kappa shape index (κ1) is 19.4. The molecule has 150 valence electrons. The first-order valence-corrected chi connectivity index (χ1v) is 11.5. The van der Waals surface area contributed by atoms with Gasteiger partial charge < -0.3 is 4.74 Å². The fourth-order valence-electron chi connectivity index (χ4n) is 4.07. The molecule has 2 fully saturated rings. The molecule has 6 heteroatoms. The Morgan fingerprint density at radius 2 is 1.71 bits per heavy atom. The van der Waals surface area contributed by atoms with Crippen molar-refractivity contribution in [1.82, 2.24) is 9.21 Å². The van der Waals surface area contributed by atoms with Crippen LogP contribution >= 0.6 is 0 Å². The third-order valence-electron chi connectivity index (χ3n) is 5.57. The molecule has 0 spiro atoms. The molecule has 2 aromatic carbocycles. The number of nitrogens with zero attached hydrogens (tertiary/aromatic N) is 2. The Hall–Kier alpha value is -1.89. The molecule has 5 nitrogen and oxygen atoms in total. The molecule has 1 aliphatic heterocycles. The van der Waals surface area contributed by atoms with E-state index >= 15 is 0 Å². The molecule has 0 radical (unpaired) electrons. The molecule has 28 heavy (non-hydrogen) atoms. The van der Waals surface area contributed by atoms with Crippen molar-refractivity contribution in [2.24, 2.45) is 0 Å². The normalized spacial score (nSPS) is 21.5. The Balaban J connectivity index is 1.64. The molecule has 2 aliphatic rings. The van der Waals surface area contributed by atoms with E-state index in [2.05, 4.69) is 17.0 Å². The van der Waals surface area contributed by atoms with Gasteiger partial charge in [0.05, 0.1) is 6.61 Å². The third kappa shape index (κ3) is 4.09. The van der Waals surface area contributed by atoms with Crippen molar-refractivity contribution < 1.29 is 13.2 Å². The number of sulfonamides is 1. The minimum Gasteiger partial charge on any atom is -0.492 e. The van der Waals surface area contributed by atoms with Gasteiger partial charge in [0, 0.05) is 31.7 Å². The van der Waals surface area contributed by atoms with Crippen molar-refractivity contribution in [1.29, 1.82) is 0 Å². The molecule has 1 aliphatic carbocycles. The van der Waals surface area contributed by atoms with Crippen LogP contribution in [-0.2, 0) is 16.4 Å². The molecule has 1 heterocycles. The summed E-state index contributed by atoms with van der Waals surface area (Å²) in [6.45, 7) is 4.42. The number of hydrogen-bond acceptors (Lipinski definition) is 4. The monoisotopic (exact) mass is 400 g/mol. The number of hydrogen-bond donors (Lipinski definition) is 0. The van der Waals surface area contributed by atoms with E-state index in [0.29, 0.717) is 24.9 Å². The molecule has 0 N–H and O–H groups in total. The first-order valence-electron chi connectivity index (χ1n) is 10.1. The number of piperazine rings is 1. The molecule has 0 bridgehead atoms. The van der Waals surface area contributed by atoms with Crippen LogP contribution in [-0.4, -0.2) is 55.9 Å². The standard InChI is InChI=1S/C22H28N2O3S/c1-2-27-21-10-6-7-11-22(21)28(25,26)24-15-14-23(19-12-13-19)17-20(24)16-18-8-4-3-5-9-18/h3-11,19-20H,2,12-17H2,1H3. The molecular formula is C22H28N2O3S. The Bertz CT molecular complexity index is 897. The molecule has 4 rings (SSSR count). The maximum atomic E-state index is 13.6. The molecule has 1 saturated heterocycles. The lowest BCUT2D eigenvalue weighted by molar-refractivity contribution is 0.128. The van der Waals surface area contributed by atoms with Gasteiger partial charge in [0.25, 0.3) is 0 Å². The maximum Gasteiger partial charge on any atom is 0.247 e. The summed E-state index contributed by atoms with van der Waals surface area (Å²) in [5.74, 6) is 0.438. The maximum absolute atomic E-state index is 13.6. The summed E-state index contributed by atoms with van der Waals surface area (Å²) < 4.78 is 34.5. The quantitative estimate of drug-likeness (QED) is 0.716. The molecule has 1 atom stereocenters. The predicted molar refractivity (Wildman–Crippen MR) is 110 cm³/mol. The van der Waals surface area contributed by atoms with Crippen LogP contribution in [0.15, 0.2) is 59.5 Å². The van der Waals surface area contributed by atoms with Crippen molar-refractivity contribution in [2.75, 3.05) is 26.2 Å². The van der Waals surface area contributed by atoms with Crippen LogP contribution in [0.1, 0.15) is 25.3 Å². The predicted octanol–water partition coefficient (Wildman–Crippen LogP) is 3.17. The molecule has 0 amide bonds. The third-order valence-corrected chi connectivity index (χ3v) is 7.56. The molecular weight excluding hydrogens is 372 g/mol. The Morgan fingerprint density at radius 3 is 2.43 bits per heavy atom. The summed E-state index contributed by atoms with van der Waals surface area (Å²) in [5, 5.41) is 0. The summed E-state index contributed by atoms with van der Waals surface area (Å²) >= 11 is 0. The van der Waals surface area contributed by atoms with Crippen molar-refractivity contribution in [3.8, 4) is 5.75 Å². The Morgan fingerprint density at radius 1 is 1.00 bits per heavy atom. The molecule has 0 aromatic heterocycles. The van der Waals surface area contributed by atoms with Gasteiger partial charge >= 0.3 is 0 Å². The molecule has 2 aromatic rings. The van der Waals surface area contributed by atoms with Crippen LogP contribution in [0.5, 0.6) is 5.75 Å². The van der Waals surface area contributed by atoms with Crippen LogP contribution < -0.4 is 4.74 Å². The van der Waals surface area contributed by atoms with E-state index in [1.54, 1.807) is 22.5 Å². The van der Waals surface area contributed by atoms with Gasteiger partial charge in [-0.05, 0) is 43.9 Å². The van der Waals surface area contributed by atoms with E-state index < -0.39 is 10.0 Å². The minimum atomic E-state index is -3.63. The zero-order valence-corrected chi connectivity index (χ0v) is 17.1. The Kier molecular flexibility index (Phi) is 5.71. The van der Waals surface area contributed by atoms with Crippen LogP contribution in [0.25, 0.3) is 0 Å². The fourth-order valence-corrected chi connectivity index (χ4v) is 5.81. The SMILES string of the molecule is CCOc1ccccc1S(=O)(=O)N1CCN(C2CC2)CC1Cc1ccccc1. The largest absolute Gasteiger partial charge is 0.492 e. The summed E-state index contributed by atoms with van der Waals surface area (Å²) in [4.78, 5) is 2.74. The van der Waals surface area contributed by atoms with Gasteiger partial charge in [-0.15, -0.1) is 0 Å². The zero-order valence-electron chi connectivity index (χ0n) is 16.3. The van der Waals surface area contributed by atoms with E-state index in [1.807, 2.05) is 31.2 Å². The average molecular weight is 401 g/mol. The summed E-state index contributed by atoms with van der Waals surface area (Å²) in [5.41, 5.74) is 1.17. The lowest BCUT2D eigenvalue weighted by atomic mass is 10.0. The van der Waals surface area contributed by atoms with E-state index in [1.165, 1.54) is 18.4 Å². The zero-order chi connectivity index (χ0) is 19.6. The van der Waals surface area contributed by atoms with Crippen molar-refractivity contribution in [3.63, 3.8) is 0 Å². The lowest BCUT2D eigenvalue weighted by Crippen LogP contribution is -2.56. The van der Waals surface area contributed by atoms with Crippen LogP contribution in [0.2, 0.25) is 0 Å². The van der Waals surface area contributed by atoms with Gasteiger partial charge in [-0.25, -0.2) is 8.42 Å².